The van der Waals surface area contributed by atoms with Gasteiger partial charge in [0.2, 0.25) is 0 Å². The van der Waals surface area contributed by atoms with Gasteiger partial charge in [-0.25, -0.2) is 9.97 Å². The molecule has 0 amide bonds. The van der Waals surface area contributed by atoms with E-state index in [0.717, 1.165) is 12.1 Å². The van der Waals surface area contributed by atoms with Gasteiger partial charge in [-0.1, -0.05) is 0 Å². The van der Waals surface area contributed by atoms with Crippen molar-refractivity contribution in [2.75, 3.05) is 5.73 Å². The molecule has 0 fully saturated rings. The Morgan fingerprint density at radius 3 is 2.57 bits per heavy atom. The van der Waals surface area contributed by atoms with Crippen molar-refractivity contribution in [3.05, 3.63) is 42.1 Å². The lowest BCUT2D eigenvalue weighted by atomic mass is 10.2. The van der Waals surface area contributed by atoms with E-state index in [2.05, 4.69) is 9.97 Å². The van der Waals surface area contributed by atoms with E-state index in [1.807, 2.05) is 0 Å². The Kier molecular flexibility index (Phi) is 2.86. The second-order valence-electron chi connectivity index (χ2n) is 4.67. The topological polar surface area (TPSA) is 56.7 Å². The Labute approximate surface area is 118 Å². The summed E-state index contributed by atoms with van der Waals surface area (Å²) in [6.45, 7) is 0. The normalized spacial score (nSPS) is 12.0. The largest absolute Gasteiger partial charge is 0.416 e. The number of pyridine rings is 1. The third-order valence-corrected chi connectivity index (χ3v) is 3.25. The van der Waals surface area contributed by atoms with E-state index in [9.17, 15) is 13.2 Å². The molecular formula is C14H11F3N4. The zero-order chi connectivity index (χ0) is 15.2. The van der Waals surface area contributed by atoms with Gasteiger partial charge in [-0.05, 0) is 30.3 Å². The molecule has 0 atom stereocenters. The fourth-order valence-corrected chi connectivity index (χ4v) is 2.22. The van der Waals surface area contributed by atoms with Crippen LogP contribution >= 0.6 is 0 Å². The standard InChI is InChI=1S/C14H11F3N4/c1-21-11-3-2-9(14(15,16)17)7-10(11)20-13(21)8-4-5-19-12(18)6-8/h2-7H,1H3,(H2,18,19). The minimum Gasteiger partial charge on any atom is -0.384 e. The van der Waals surface area contributed by atoms with Crippen molar-refractivity contribution >= 4 is 16.9 Å². The molecule has 7 heteroatoms. The van der Waals surface area contributed by atoms with Gasteiger partial charge in [0.15, 0.2) is 0 Å². The Hall–Kier alpha value is -2.57. The Morgan fingerprint density at radius 1 is 1.14 bits per heavy atom. The van der Waals surface area contributed by atoms with Crippen molar-refractivity contribution in [3.8, 4) is 11.4 Å². The summed E-state index contributed by atoms with van der Waals surface area (Å²) in [4.78, 5) is 8.16. The molecule has 0 bridgehead atoms. The molecule has 2 N–H and O–H groups in total. The number of alkyl halides is 3. The summed E-state index contributed by atoms with van der Waals surface area (Å²) in [7, 11) is 1.74. The molecule has 2 aromatic heterocycles. The third-order valence-electron chi connectivity index (χ3n) is 3.25. The number of aryl methyl sites for hydroxylation is 1. The number of nitrogens with zero attached hydrogens (tertiary/aromatic N) is 3. The van der Waals surface area contributed by atoms with Gasteiger partial charge in [0.1, 0.15) is 11.6 Å². The van der Waals surface area contributed by atoms with E-state index in [1.54, 1.807) is 23.7 Å². The number of imidazole rings is 1. The van der Waals surface area contributed by atoms with E-state index in [1.165, 1.54) is 12.3 Å². The maximum Gasteiger partial charge on any atom is 0.416 e. The van der Waals surface area contributed by atoms with Crippen LogP contribution in [-0.4, -0.2) is 14.5 Å². The van der Waals surface area contributed by atoms with Crippen LogP contribution in [0.2, 0.25) is 0 Å². The predicted octanol–water partition coefficient (Wildman–Crippen LogP) is 3.24. The van der Waals surface area contributed by atoms with Crippen molar-refractivity contribution in [3.63, 3.8) is 0 Å². The second-order valence-corrected chi connectivity index (χ2v) is 4.67. The van der Waals surface area contributed by atoms with E-state index in [0.29, 0.717) is 22.7 Å². The number of halogens is 3. The predicted molar refractivity (Wildman–Crippen MR) is 73.4 cm³/mol. The molecule has 0 saturated heterocycles. The highest BCUT2D eigenvalue weighted by Gasteiger charge is 2.31. The average molecular weight is 292 g/mol. The number of hydrogen-bond donors (Lipinski definition) is 1. The molecular weight excluding hydrogens is 281 g/mol. The summed E-state index contributed by atoms with van der Waals surface area (Å²) >= 11 is 0. The molecule has 0 aliphatic carbocycles. The van der Waals surface area contributed by atoms with Crippen LogP contribution < -0.4 is 5.73 Å². The van der Waals surface area contributed by atoms with E-state index in [4.69, 9.17) is 5.73 Å². The van der Waals surface area contributed by atoms with Crippen molar-refractivity contribution < 1.29 is 13.2 Å². The van der Waals surface area contributed by atoms with Gasteiger partial charge < -0.3 is 10.3 Å². The summed E-state index contributed by atoms with van der Waals surface area (Å²) in [5.41, 5.74) is 6.52. The van der Waals surface area contributed by atoms with Crippen LogP contribution in [0.1, 0.15) is 5.56 Å². The lowest BCUT2D eigenvalue weighted by molar-refractivity contribution is -0.137. The number of anilines is 1. The summed E-state index contributed by atoms with van der Waals surface area (Å²) in [6, 6.07) is 6.85. The number of rotatable bonds is 1. The van der Waals surface area contributed by atoms with Crippen molar-refractivity contribution in [2.24, 2.45) is 7.05 Å². The van der Waals surface area contributed by atoms with Crippen LogP contribution in [0, 0.1) is 0 Å². The minimum atomic E-state index is -4.38. The van der Waals surface area contributed by atoms with Gasteiger partial charge in [-0.2, -0.15) is 13.2 Å². The number of nitrogens with two attached hydrogens (primary N) is 1. The fraction of sp³-hybridized carbons (Fsp3) is 0.143. The van der Waals surface area contributed by atoms with Gasteiger partial charge in [-0.15, -0.1) is 0 Å². The Balaban J connectivity index is 2.20. The van der Waals surface area contributed by atoms with Crippen LogP contribution in [0.4, 0.5) is 19.0 Å². The first kappa shape index (κ1) is 13.4. The first-order chi connectivity index (χ1) is 9.86. The van der Waals surface area contributed by atoms with E-state index >= 15 is 0 Å². The molecule has 0 unspecified atom stereocenters. The minimum absolute atomic E-state index is 0.290. The summed E-state index contributed by atoms with van der Waals surface area (Å²) in [6.07, 6.45) is -2.85. The van der Waals surface area contributed by atoms with E-state index < -0.39 is 11.7 Å². The van der Waals surface area contributed by atoms with Gasteiger partial charge in [0.05, 0.1) is 16.6 Å². The SMILES string of the molecule is Cn1c(-c2ccnc(N)c2)nc2cc(C(F)(F)F)ccc21. The van der Waals surface area contributed by atoms with Gasteiger partial charge in [0, 0.05) is 18.8 Å². The van der Waals surface area contributed by atoms with Gasteiger partial charge >= 0.3 is 6.18 Å². The van der Waals surface area contributed by atoms with Crippen LogP contribution in [0.25, 0.3) is 22.4 Å². The van der Waals surface area contributed by atoms with Gasteiger partial charge in [0.25, 0.3) is 0 Å². The van der Waals surface area contributed by atoms with E-state index in [-0.39, 0.29) is 5.52 Å². The first-order valence-electron chi connectivity index (χ1n) is 6.12. The van der Waals surface area contributed by atoms with Crippen molar-refractivity contribution in [1.82, 2.24) is 14.5 Å². The highest BCUT2D eigenvalue weighted by Crippen LogP contribution is 2.32. The smallest absolute Gasteiger partial charge is 0.384 e. The molecule has 108 valence electrons. The average Bonchev–Trinajstić information content (AvgIpc) is 2.75. The van der Waals surface area contributed by atoms with Crippen molar-refractivity contribution in [2.45, 2.75) is 6.18 Å². The summed E-state index contributed by atoms with van der Waals surface area (Å²) in [5.74, 6) is 0.869. The summed E-state index contributed by atoms with van der Waals surface area (Å²) < 4.78 is 39.9. The second kappa shape index (κ2) is 4.47. The zero-order valence-electron chi connectivity index (χ0n) is 11.0. The number of aromatic nitrogens is 3. The highest BCUT2D eigenvalue weighted by molar-refractivity contribution is 5.81. The molecule has 3 aromatic rings. The zero-order valence-corrected chi connectivity index (χ0v) is 11.0. The number of benzene rings is 1. The molecule has 1 aromatic carbocycles. The molecule has 3 rings (SSSR count). The monoisotopic (exact) mass is 292 g/mol. The Bertz CT molecular complexity index is 821. The molecule has 4 nitrogen and oxygen atoms in total. The molecule has 0 radical (unpaired) electrons. The Morgan fingerprint density at radius 2 is 1.90 bits per heavy atom. The summed E-state index contributed by atoms with van der Waals surface area (Å²) in [5, 5.41) is 0. The van der Waals surface area contributed by atoms with Crippen LogP contribution in [0.5, 0.6) is 0 Å². The first-order valence-corrected chi connectivity index (χ1v) is 6.12. The third kappa shape index (κ3) is 2.31. The molecule has 0 aliphatic rings. The van der Waals surface area contributed by atoms with Crippen LogP contribution in [0.15, 0.2) is 36.5 Å². The lowest BCUT2D eigenvalue weighted by Crippen LogP contribution is -2.04. The van der Waals surface area contributed by atoms with Crippen molar-refractivity contribution in [1.29, 1.82) is 0 Å². The lowest BCUT2D eigenvalue weighted by Gasteiger charge is -2.06. The molecule has 21 heavy (non-hydrogen) atoms. The number of fused-ring (bicyclic) bond motifs is 1. The quantitative estimate of drug-likeness (QED) is 0.749. The molecule has 2 heterocycles. The number of hydrogen-bond acceptors (Lipinski definition) is 3. The molecule has 0 aliphatic heterocycles. The molecule has 0 spiro atoms. The molecule has 0 saturated carbocycles. The van der Waals surface area contributed by atoms with Crippen LogP contribution in [0.3, 0.4) is 0 Å². The fourth-order valence-electron chi connectivity index (χ4n) is 2.22. The van der Waals surface area contributed by atoms with Crippen LogP contribution in [-0.2, 0) is 13.2 Å². The number of nitrogen functional groups attached to an aromatic ring is 1. The van der Waals surface area contributed by atoms with Gasteiger partial charge in [-0.3, -0.25) is 0 Å². The maximum absolute atomic E-state index is 12.7. The highest BCUT2D eigenvalue weighted by atomic mass is 19.4. The maximum atomic E-state index is 12.7.